The van der Waals surface area contributed by atoms with Crippen molar-refractivity contribution in [3.05, 3.63) is 53.1 Å². The average molecular weight is 480 g/mol. The van der Waals surface area contributed by atoms with E-state index < -0.39 is 0 Å². The van der Waals surface area contributed by atoms with Crippen LogP contribution in [-0.4, -0.2) is 42.9 Å². The van der Waals surface area contributed by atoms with Crippen LogP contribution >= 0.6 is 11.6 Å². The minimum absolute atomic E-state index is 0. The summed E-state index contributed by atoms with van der Waals surface area (Å²) in [6.07, 6.45) is 4.00. The van der Waals surface area contributed by atoms with Crippen molar-refractivity contribution >= 4 is 23.4 Å². The Kier molecular flexibility index (Phi) is 6.61. The van der Waals surface area contributed by atoms with Gasteiger partial charge in [-0.05, 0) is 36.2 Å². The van der Waals surface area contributed by atoms with Gasteiger partial charge in [0.15, 0.2) is 0 Å². The highest BCUT2D eigenvalue weighted by Gasteiger charge is 2.49. The average Bonchev–Trinajstić information content (AvgIpc) is 2.80. The predicted octanol–water partition coefficient (Wildman–Crippen LogP) is 2.64. The summed E-state index contributed by atoms with van der Waals surface area (Å²) in [5.74, 6) is 0. The van der Waals surface area contributed by atoms with Crippen LogP contribution in [0.1, 0.15) is 31.2 Å². The number of aryl methyl sites for hydroxylation is 1. The Bertz CT molecular complexity index is 886. The minimum Gasteiger partial charge on any atom is -1.00 e. The summed E-state index contributed by atoms with van der Waals surface area (Å²) in [5.41, 5.74) is 3.74. The lowest BCUT2D eigenvalue weighted by Crippen LogP contribution is -3.00. The van der Waals surface area contributed by atoms with Crippen LogP contribution in [0.5, 0.6) is 0 Å². The van der Waals surface area contributed by atoms with E-state index in [0.29, 0.717) is 17.1 Å². The Morgan fingerprint density at radius 3 is 2.45 bits per heavy atom. The van der Waals surface area contributed by atoms with Gasteiger partial charge in [-0.15, -0.1) is 0 Å². The number of amides is 1. The van der Waals surface area contributed by atoms with Crippen LogP contribution in [0.25, 0.3) is 11.1 Å². The summed E-state index contributed by atoms with van der Waals surface area (Å²) in [6, 6.07) is 14.9. The molecule has 0 aromatic heterocycles. The maximum absolute atomic E-state index is 12.7. The highest BCUT2D eigenvalue weighted by atomic mass is 79.9. The monoisotopic (exact) mass is 478 g/mol. The molecule has 1 N–H and O–H groups in total. The normalized spacial score (nSPS) is 24.5. The van der Waals surface area contributed by atoms with Crippen molar-refractivity contribution in [2.24, 2.45) is 0 Å². The van der Waals surface area contributed by atoms with Gasteiger partial charge in [0.05, 0.1) is 31.9 Å². The highest BCUT2D eigenvalue weighted by Crippen LogP contribution is 2.40. The summed E-state index contributed by atoms with van der Waals surface area (Å²) >= 11 is 6.16. The van der Waals surface area contributed by atoms with Gasteiger partial charge in [0, 0.05) is 36.3 Å². The summed E-state index contributed by atoms with van der Waals surface area (Å²) < 4.78 is 6.91. The molecule has 2 fully saturated rings. The quantitative estimate of drug-likeness (QED) is 0.688. The van der Waals surface area contributed by atoms with Gasteiger partial charge in [0.2, 0.25) is 0 Å². The highest BCUT2D eigenvalue weighted by molar-refractivity contribution is 6.30. The van der Waals surface area contributed by atoms with Gasteiger partial charge >= 0.3 is 6.09 Å². The fraction of sp³-hybridized carbons (Fsp3) is 0.435. The van der Waals surface area contributed by atoms with Gasteiger partial charge in [0.1, 0.15) is 6.10 Å². The first kappa shape index (κ1) is 22.1. The zero-order valence-corrected chi connectivity index (χ0v) is 19.5. The third-order valence-electron chi connectivity index (χ3n) is 6.61. The number of rotatable bonds is 3. The molecule has 4 nitrogen and oxygen atoms in total. The number of quaternary nitrogens is 1. The van der Waals surface area contributed by atoms with Crippen LogP contribution in [0.15, 0.2) is 42.5 Å². The topological polar surface area (TPSA) is 38.3 Å². The SMILES string of the molecule is Cc1ccc(-c2cccc(Cl)c2)c(NC(=O)O[C@H]2C[C@H]3CC[C@@H](C2)[N+]3(C)C)c1.[Br-]. The second-order valence-corrected chi connectivity index (χ2v) is 9.13. The number of benzene rings is 2. The van der Waals surface area contributed by atoms with Crippen LogP contribution < -0.4 is 22.3 Å². The molecule has 0 saturated carbocycles. The number of anilines is 1. The fourth-order valence-corrected chi connectivity index (χ4v) is 5.08. The van der Waals surface area contributed by atoms with Crippen LogP contribution in [-0.2, 0) is 4.74 Å². The van der Waals surface area contributed by atoms with E-state index in [1.54, 1.807) is 0 Å². The van der Waals surface area contributed by atoms with E-state index in [9.17, 15) is 4.79 Å². The number of halogens is 2. The van der Waals surface area contributed by atoms with Crippen molar-refractivity contribution < 1.29 is 31.0 Å². The van der Waals surface area contributed by atoms with Gasteiger partial charge in [-0.3, -0.25) is 5.32 Å². The second-order valence-electron chi connectivity index (χ2n) is 8.70. The first-order chi connectivity index (χ1) is 13.3. The molecule has 2 bridgehead atoms. The fourth-order valence-electron chi connectivity index (χ4n) is 4.89. The second kappa shape index (κ2) is 8.66. The van der Waals surface area contributed by atoms with E-state index in [-0.39, 0.29) is 29.2 Å². The van der Waals surface area contributed by atoms with Gasteiger partial charge in [-0.2, -0.15) is 0 Å². The molecule has 2 aromatic rings. The van der Waals surface area contributed by atoms with E-state index in [2.05, 4.69) is 19.4 Å². The lowest BCUT2D eigenvalue weighted by atomic mass is 9.98. The lowest BCUT2D eigenvalue weighted by Gasteiger charge is -2.43. The summed E-state index contributed by atoms with van der Waals surface area (Å²) in [5, 5.41) is 3.65. The number of piperidine rings is 1. The Morgan fingerprint density at radius 1 is 1.10 bits per heavy atom. The van der Waals surface area contributed by atoms with E-state index in [1.807, 2.05) is 49.4 Å². The Hall–Kier alpha value is -1.56. The first-order valence-corrected chi connectivity index (χ1v) is 10.4. The minimum atomic E-state index is -0.370. The molecule has 29 heavy (non-hydrogen) atoms. The van der Waals surface area contributed by atoms with Crippen LogP contribution in [0.4, 0.5) is 10.5 Å². The largest absolute Gasteiger partial charge is 1.00 e. The van der Waals surface area contributed by atoms with Gasteiger partial charge < -0.3 is 26.2 Å². The molecule has 156 valence electrons. The number of carbonyl (C=O) groups is 1. The zero-order chi connectivity index (χ0) is 19.9. The summed E-state index contributed by atoms with van der Waals surface area (Å²) in [4.78, 5) is 12.7. The molecule has 2 heterocycles. The maximum atomic E-state index is 12.7. The first-order valence-electron chi connectivity index (χ1n) is 10.0. The molecule has 1 amide bonds. The van der Waals surface area contributed by atoms with Gasteiger partial charge in [0.25, 0.3) is 0 Å². The Labute approximate surface area is 188 Å². The Balaban J connectivity index is 0.00000240. The van der Waals surface area contributed by atoms with Crippen molar-refractivity contribution in [1.82, 2.24) is 0 Å². The number of carbonyl (C=O) groups excluding carboxylic acids is 1. The third kappa shape index (κ3) is 4.62. The molecular weight excluding hydrogens is 452 g/mol. The molecule has 2 aliphatic heterocycles. The molecule has 2 saturated heterocycles. The van der Waals surface area contributed by atoms with Crippen molar-refractivity contribution in [2.75, 3.05) is 19.4 Å². The maximum Gasteiger partial charge on any atom is 0.411 e. The Morgan fingerprint density at radius 2 is 1.79 bits per heavy atom. The van der Waals surface area contributed by atoms with Crippen LogP contribution in [0.3, 0.4) is 0 Å². The van der Waals surface area contributed by atoms with Crippen molar-refractivity contribution in [3.63, 3.8) is 0 Å². The van der Waals surface area contributed by atoms with Crippen LogP contribution in [0, 0.1) is 6.92 Å². The predicted molar refractivity (Wildman–Crippen MR) is 114 cm³/mol. The smallest absolute Gasteiger partial charge is 0.411 e. The van der Waals surface area contributed by atoms with Gasteiger partial charge in [-0.1, -0.05) is 35.9 Å². The molecule has 0 aliphatic carbocycles. The number of hydrogen-bond donors (Lipinski definition) is 1. The summed E-state index contributed by atoms with van der Waals surface area (Å²) in [7, 11) is 4.62. The molecule has 4 rings (SSSR count). The molecule has 6 heteroatoms. The molecular formula is C23H28BrClN2O2. The molecule has 0 spiro atoms. The zero-order valence-electron chi connectivity index (χ0n) is 17.1. The lowest BCUT2D eigenvalue weighted by molar-refractivity contribution is -0.931. The molecule has 0 radical (unpaired) electrons. The van der Waals surface area contributed by atoms with Crippen molar-refractivity contribution in [3.8, 4) is 11.1 Å². The third-order valence-corrected chi connectivity index (χ3v) is 6.84. The van der Waals surface area contributed by atoms with Crippen molar-refractivity contribution in [2.45, 2.75) is 50.8 Å². The van der Waals surface area contributed by atoms with E-state index in [4.69, 9.17) is 16.3 Å². The standard InChI is InChI=1S/C23H27ClN2O2.BrH/c1-15-7-10-21(16-5-4-6-17(24)12-16)22(11-15)25-23(27)28-20-13-18-8-9-19(14-20)26(18,2)3;/h4-7,10-12,18-20H,8-9,13-14H2,1-3H3;1H/t18-,19+,20+;. The summed E-state index contributed by atoms with van der Waals surface area (Å²) in [6.45, 7) is 2.01. The van der Waals surface area contributed by atoms with E-state index in [0.717, 1.165) is 39.7 Å². The van der Waals surface area contributed by atoms with E-state index >= 15 is 0 Å². The number of ether oxygens (including phenoxy) is 1. The van der Waals surface area contributed by atoms with E-state index in [1.165, 1.54) is 12.8 Å². The molecule has 2 aliphatic rings. The number of hydrogen-bond acceptors (Lipinski definition) is 2. The van der Waals surface area contributed by atoms with Crippen LogP contribution in [0.2, 0.25) is 5.02 Å². The molecule has 2 aromatic carbocycles. The number of nitrogens with zero attached hydrogens (tertiary/aromatic N) is 1. The number of fused-ring (bicyclic) bond motifs is 2. The molecule has 3 atom stereocenters. The van der Waals surface area contributed by atoms with Gasteiger partial charge in [-0.25, -0.2) is 4.79 Å². The number of nitrogens with one attached hydrogen (secondary N) is 1. The molecule has 0 unspecified atom stereocenters. The van der Waals surface area contributed by atoms with Crippen molar-refractivity contribution in [1.29, 1.82) is 0 Å².